The number of hydrogen-bond donors (Lipinski definition) is 2. The van der Waals surface area contributed by atoms with Crippen LogP contribution < -0.4 is 15.8 Å². The number of ether oxygens (including phenoxy) is 1. The fourth-order valence-corrected chi connectivity index (χ4v) is 1.39. The van der Waals surface area contributed by atoms with Crippen molar-refractivity contribution in [1.82, 2.24) is 0 Å². The largest absolute Gasteiger partial charge is 0.479 e. The number of nitriles is 1. The Morgan fingerprint density at radius 3 is 2.79 bits per heavy atom. The summed E-state index contributed by atoms with van der Waals surface area (Å²) in [5, 5.41) is 11.2. The van der Waals surface area contributed by atoms with Crippen molar-refractivity contribution in [2.75, 3.05) is 11.9 Å². The van der Waals surface area contributed by atoms with Gasteiger partial charge in [0.2, 0.25) is 5.91 Å². The van der Waals surface area contributed by atoms with E-state index in [1.165, 1.54) is 0 Å². The van der Waals surface area contributed by atoms with E-state index in [0.29, 0.717) is 11.4 Å². The third-order valence-electron chi connectivity index (χ3n) is 2.62. The number of anilines is 1. The molecule has 102 valence electrons. The summed E-state index contributed by atoms with van der Waals surface area (Å²) in [6.07, 6.45) is 0. The number of carbonyl (C=O) groups excluding carboxylic acids is 1. The Hall–Kier alpha value is -2.06. The molecule has 0 heterocycles. The van der Waals surface area contributed by atoms with Crippen LogP contribution in [0.15, 0.2) is 24.3 Å². The highest BCUT2D eigenvalue weighted by Crippen LogP contribution is 2.21. The lowest BCUT2D eigenvalue weighted by atomic mass is 9.87. The molecular weight excluding hydrogens is 242 g/mol. The van der Waals surface area contributed by atoms with E-state index in [2.05, 4.69) is 5.32 Å². The molecule has 0 aliphatic heterocycles. The normalized spacial score (nSPS) is 12.4. The van der Waals surface area contributed by atoms with Gasteiger partial charge in [0.25, 0.3) is 0 Å². The van der Waals surface area contributed by atoms with Crippen LogP contribution in [0.1, 0.15) is 20.8 Å². The van der Waals surface area contributed by atoms with Crippen LogP contribution in [0.2, 0.25) is 0 Å². The van der Waals surface area contributed by atoms with Gasteiger partial charge in [-0.1, -0.05) is 26.8 Å². The van der Waals surface area contributed by atoms with Gasteiger partial charge in [0.05, 0.1) is 6.04 Å². The maximum atomic E-state index is 12.0. The number of nitrogens with zero attached hydrogens (tertiary/aromatic N) is 1. The molecule has 5 nitrogen and oxygen atoms in total. The number of carbonyl (C=O) groups is 1. The maximum absolute atomic E-state index is 12.0. The minimum absolute atomic E-state index is 0.0289. The van der Waals surface area contributed by atoms with Gasteiger partial charge in [-0.2, -0.15) is 5.26 Å². The van der Waals surface area contributed by atoms with Gasteiger partial charge in [-0.05, 0) is 17.5 Å². The molecule has 0 bridgehead atoms. The molecule has 1 aromatic rings. The molecule has 0 aliphatic carbocycles. The Kier molecular flexibility index (Phi) is 4.90. The van der Waals surface area contributed by atoms with E-state index < -0.39 is 6.04 Å². The summed E-state index contributed by atoms with van der Waals surface area (Å²) < 4.78 is 5.16. The number of benzene rings is 1. The number of rotatable bonds is 4. The molecule has 19 heavy (non-hydrogen) atoms. The molecule has 1 atom stereocenters. The molecule has 0 saturated carbocycles. The zero-order valence-corrected chi connectivity index (χ0v) is 11.4. The van der Waals surface area contributed by atoms with Crippen molar-refractivity contribution in [1.29, 1.82) is 5.26 Å². The molecule has 0 radical (unpaired) electrons. The maximum Gasteiger partial charge on any atom is 0.241 e. The van der Waals surface area contributed by atoms with E-state index in [0.717, 1.165) is 0 Å². The molecule has 1 aromatic carbocycles. The topological polar surface area (TPSA) is 88.1 Å². The first-order valence-electron chi connectivity index (χ1n) is 6.01. The Morgan fingerprint density at radius 1 is 1.53 bits per heavy atom. The molecule has 1 amide bonds. The summed E-state index contributed by atoms with van der Waals surface area (Å²) in [4.78, 5) is 12.0. The zero-order chi connectivity index (χ0) is 14.5. The summed E-state index contributed by atoms with van der Waals surface area (Å²) >= 11 is 0. The van der Waals surface area contributed by atoms with E-state index in [9.17, 15) is 4.79 Å². The minimum Gasteiger partial charge on any atom is -0.479 e. The van der Waals surface area contributed by atoms with Gasteiger partial charge >= 0.3 is 0 Å². The van der Waals surface area contributed by atoms with E-state index >= 15 is 0 Å². The monoisotopic (exact) mass is 261 g/mol. The van der Waals surface area contributed by atoms with Crippen LogP contribution in [0.4, 0.5) is 5.69 Å². The highest BCUT2D eigenvalue weighted by Gasteiger charge is 2.27. The summed E-state index contributed by atoms with van der Waals surface area (Å²) in [6.45, 7) is 5.69. The van der Waals surface area contributed by atoms with Crippen LogP contribution in [0.3, 0.4) is 0 Å². The zero-order valence-electron chi connectivity index (χ0n) is 11.4. The first-order chi connectivity index (χ1) is 8.84. The Balaban J connectivity index is 2.72. The van der Waals surface area contributed by atoms with Crippen LogP contribution in [-0.2, 0) is 4.79 Å². The first kappa shape index (κ1) is 15.0. The molecule has 5 heteroatoms. The Bertz CT molecular complexity index is 486. The minimum atomic E-state index is -0.601. The molecule has 0 aromatic heterocycles. The van der Waals surface area contributed by atoms with Crippen molar-refractivity contribution < 1.29 is 9.53 Å². The van der Waals surface area contributed by atoms with Gasteiger partial charge in [0.15, 0.2) is 6.61 Å². The Labute approximate surface area is 113 Å². The Morgan fingerprint density at radius 2 is 2.21 bits per heavy atom. The van der Waals surface area contributed by atoms with E-state index in [1.807, 2.05) is 26.8 Å². The highest BCUT2D eigenvalue weighted by molar-refractivity contribution is 5.95. The summed E-state index contributed by atoms with van der Waals surface area (Å²) in [6, 6.07) is 8.14. The standard InChI is InChI=1S/C14H19N3O2/c1-14(2,3)12(16)13(18)17-10-5-4-6-11(9-10)19-8-7-15/h4-6,9,12H,8,16H2,1-3H3,(H,17,18). The van der Waals surface area contributed by atoms with E-state index in [1.54, 1.807) is 24.3 Å². The van der Waals surface area contributed by atoms with Gasteiger partial charge in [0, 0.05) is 11.8 Å². The van der Waals surface area contributed by atoms with Crippen LogP contribution in [0.25, 0.3) is 0 Å². The lowest BCUT2D eigenvalue weighted by Gasteiger charge is -2.25. The quantitative estimate of drug-likeness (QED) is 0.866. The SMILES string of the molecule is CC(C)(C)C(N)C(=O)Nc1cccc(OCC#N)c1. The summed E-state index contributed by atoms with van der Waals surface area (Å²) in [5.41, 5.74) is 6.16. The van der Waals surface area contributed by atoms with Crippen molar-refractivity contribution >= 4 is 11.6 Å². The van der Waals surface area contributed by atoms with Crippen LogP contribution in [0.5, 0.6) is 5.75 Å². The summed E-state index contributed by atoms with van der Waals surface area (Å²) in [5.74, 6) is 0.286. The third kappa shape index (κ3) is 4.60. The number of hydrogen-bond acceptors (Lipinski definition) is 4. The van der Waals surface area contributed by atoms with Gasteiger partial charge < -0.3 is 15.8 Å². The van der Waals surface area contributed by atoms with Crippen LogP contribution in [-0.4, -0.2) is 18.6 Å². The van der Waals surface area contributed by atoms with Crippen LogP contribution in [0, 0.1) is 16.7 Å². The fourth-order valence-electron chi connectivity index (χ4n) is 1.39. The predicted molar refractivity (Wildman–Crippen MR) is 73.6 cm³/mol. The van der Waals surface area contributed by atoms with E-state index in [-0.39, 0.29) is 17.9 Å². The van der Waals surface area contributed by atoms with Crippen molar-refractivity contribution in [3.63, 3.8) is 0 Å². The second-order valence-corrected chi connectivity index (χ2v) is 5.31. The first-order valence-corrected chi connectivity index (χ1v) is 6.01. The van der Waals surface area contributed by atoms with Gasteiger partial charge in [0.1, 0.15) is 11.8 Å². The molecule has 1 rings (SSSR count). The molecule has 0 aliphatic rings. The number of nitrogens with one attached hydrogen (secondary N) is 1. The molecular formula is C14H19N3O2. The third-order valence-corrected chi connectivity index (χ3v) is 2.62. The van der Waals surface area contributed by atoms with Crippen molar-refractivity contribution in [3.8, 4) is 11.8 Å². The average Bonchev–Trinajstić information content (AvgIpc) is 2.34. The molecule has 0 saturated heterocycles. The highest BCUT2D eigenvalue weighted by atomic mass is 16.5. The van der Waals surface area contributed by atoms with E-state index in [4.69, 9.17) is 15.7 Å². The lowest BCUT2D eigenvalue weighted by molar-refractivity contribution is -0.119. The van der Waals surface area contributed by atoms with Gasteiger partial charge in [-0.3, -0.25) is 4.79 Å². The molecule has 0 fully saturated rings. The van der Waals surface area contributed by atoms with Gasteiger partial charge in [-0.25, -0.2) is 0 Å². The van der Waals surface area contributed by atoms with Crippen molar-refractivity contribution in [2.24, 2.45) is 11.1 Å². The number of amides is 1. The second kappa shape index (κ2) is 6.21. The predicted octanol–water partition coefficient (Wildman–Crippen LogP) is 1.90. The van der Waals surface area contributed by atoms with Crippen molar-refractivity contribution in [2.45, 2.75) is 26.8 Å². The molecule has 3 N–H and O–H groups in total. The fraction of sp³-hybridized carbons (Fsp3) is 0.429. The molecule has 1 unspecified atom stereocenters. The number of nitrogens with two attached hydrogens (primary N) is 1. The van der Waals surface area contributed by atoms with Crippen LogP contribution >= 0.6 is 0 Å². The second-order valence-electron chi connectivity index (χ2n) is 5.31. The van der Waals surface area contributed by atoms with Crippen molar-refractivity contribution in [3.05, 3.63) is 24.3 Å². The smallest absolute Gasteiger partial charge is 0.241 e. The van der Waals surface area contributed by atoms with Gasteiger partial charge in [-0.15, -0.1) is 0 Å². The average molecular weight is 261 g/mol. The summed E-state index contributed by atoms with van der Waals surface area (Å²) in [7, 11) is 0. The lowest BCUT2D eigenvalue weighted by Crippen LogP contribution is -2.45. The molecule has 0 spiro atoms.